The fourth-order valence-electron chi connectivity index (χ4n) is 3.43. The van der Waals surface area contributed by atoms with E-state index in [4.69, 9.17) is 5.73 Å². The summed E-state index contributed by atoms with van der Waals surface area (Å²) in [5.41, 5.74) is 5.74. The van der Waals surface area contributed by atoms with Crippen molar-refractivity contribution in [2.45, 2.75) is 51.6 Å². The van der Waals surface area contributed by atoms with Crippen LogP contribution in [0.2, 0.25) is 0 Å². The molecule has 3 unspecified atom stereocenters. The van der Waals surface area contributed by atoms with E-state index >= 15 is 0 Å². The number of piperazine rings is 1. The number of hydrogen-bond donors (Lipinski definition) is 1. The molecule has 0 amide bonds. The van der Waals surface area contributed by atoms with Gasteiger partial charge in [-0.3, -0.25) is 9.80 Å². The minimum atomic E-state index is 0.558. The fourth-order valence-corrected chi connectivity index (χ4v) is 3.43. The highest BCUT2D eigenvalue weighted by molar-refractivity contribution is 4.84. The van der Waals surface area contributed by atoms with Crippen molar-refractivity contribution in [3.05, 3.63) is 0 Å². The largest absolute Gasteiger partial charge is 0.329 e. The van der Waals surface area contributed by atoms with Crippen molar-refractivity contribution in [2.75, 3.05) is 32.7 Å². The molecule has 3 heteroatoms. The molecule has 100 valence electrons. The molecule has 2 N–H and O–H groups in total. The molecule has 1 heterocycles. The molecule has 0 bridgehead atoms. The van der Waals surface area contributed by atoms with E-state index in [0.29, 0.717) is 6.04 Å². The predicted molar refractivity (Wildman–Crippen MR) is 73.1 cm³/mol. The third-order valence-corrected chi connectivity index (χ3v) is 4.74. The Kier molecular flexibility index (Phi) is 4.83. The Balaban J connectivity index is 1.78. The number of hydrogen-bond acceptors (Lipinski definition) is 3. The summed E-state index contributed by atoms with van der Waals surface area (Å²) in [5.74, 6) is 0.940. The minimum Gasteiger partial charge on any atom is -0.329 e. The van der Waals surface area contributed by atoms with E-state index in [9.17, 15) is 0 Å². The van der Waals surface area contributed by atoms with Gasteiger partial charge in [0.05, 0.1) is 0 Å². The third kappa shape index (κ3) is 3.43. The zero-order valence-electron chi connectivity index (χ0n) is 11.6. The van der Waals surface area contributed by atoms with E-state index < -0.39 is 0 Å². The Morgan fingerprint density at radius 2 is 1.88 bits per heavy atom. The average molecular weight is 239 g/mol. The van der Waals surface area contributed by atoms with Gasteiger partial charge >= 0.3 is 0 Å². The Morgan fingerprint density at radius 1 is 1.18 bits per heavy atom. The molecule has 1 saturated carbocycles. The zero-order chi connectivity index (χ0) is 12.3. The molecule has 1 aliphatic heterocycles. The van der Waals surface area contributed by atoms with Crippen LogP contribution in [0, 0.1) is 5.92 Å². The van der Waals surface area contributed by atoms with E-state index in [0.717, 1.165) is 18.5 Å². The van der Waals surface area contributed by atoms with Crippen LogP contribution in [-0.2, 0) is 0 Å². The lowest BCUT2D eigenvalue weighted by Crippen LogP contribution is -2.54. The molecule has 1 saturated heterocycles. The third-order valence-electron chi connectivity index (χ3n) is 4.74. The summed E-state index contributed by atoms with van der Waals surface area (Å²) < 4.78 is 0. The van der Waals surface area contributed by atoms with Gasteiger partial charge < -0.3 is 5.73 Å². The molecule has 0 spiro atoms. The van der Waals surface area contributed by atoms with Crippen LogP contribution in [0.15, 0.2) is 0 Å². The summed E-state index contributed by atoms with van der Waals surface area (Å²) in [6.45, 7) is 10.4. The number of nitrogens with two attached hydrogens (primary N) is 1. The van der Waals surface area contributed by atoms with Gasteiger partial charge in [-0.1, -0.05) is 19.8 Å². The molecule has 2 aliphatic rings. The van der Waals surface area contributed by atoms with Crippen LogP contribution in [-0.4, -0.2) is 54.6 Å². The Morgan fingerprint density at radius 3 is 2.47 bits per heavy atom. The van der Waals surface area contributed by atoms with Gasteiger partial charge in [0, 0.05) is 44.8 Å². The Hall–Kier alpha value is -0.120. The van der Waals surface area contributed by atoms with Crippen molar-refractivity contribution in [1.82, 2.24) is 9.80 Å². The van der Waals surface area contributed by atoms with Crippen LogP contribution in [0.1, 0.15) is 39.5 Å². The molecular formula is C14H29N3. The summed E-state index contributed by atoms with van der Waals surface area (Å²) in [4.78, 5) is 5.28. The molecule has 0 aromatic carbocycles. The summed E-state index contributed by atoms with van der Waals surface area (Å²) in [6.07, 6.45) is 5.73. The topological polar surface area (TPSA) is 32.5 Å². The van der Waals surface area contributed by atoms with Crippen LogP contribution < -0.4 is 5.73 Å². The SMILES string of the molecule is CC1CCCC(N2CCN(C(C)CN)CC2)C1. The maximum Gasteiger partial charge on any atom is 0.0191 e. The molecule has 1 aliphatic carbocycles. The van der Waals surface area contributed by atoms with Crippen molar-refractivity contribution in [2.24, 2.45) is 11.7 Å². The first kappa shape index (κ1) is 13.3. The maximum atomic E-state index is 5.74. The average Bonchev–Trinajstić information content (AvgIpc) is 2.38. The first-order valence-corrected chi connectivity index (χ1v) is 7.39. The molecule has 3 nitrogen and oxygen atoms in total. The second-order valence-electron chi connectivity index (χ2n) is 6.08. The molecule has 0 aromatic heterocycles. The first-order chi connectivity index (χ1) is 8.20. The summed E-state index contributed by atoms with van der Waals surface area (Å²) >= 11 is 0. The highest BCUT2D eigenvalue weighted by Gasteiger charge is 2.28. The molecule has 0 radical (unpaired) electrons. The van der Waals surface area contributed by atoms with Gasteiger partial charge in [0.15, 0.2) is 0 Å². The van der Waals surface area contributed by atoms with Crippen LogP contribution in [0.3, 0.4) is 0 Å². The molecular weight excluding hydrogens is 210 g/mol. The van der Waals surface area contributed by atoms with E-state index in [1.54, 1.807) is 0 Å². The molecule has 2 rings (SSSR count). The summed E-state index contributed by atoms with van der Waals surface area (Å²) in [7, 11) is 0. The predicted octanol–water partition coefficient (Wildman–Crippen LogP) is 1.53. The molecule has 17 heavy (non-hydrogen) atoms. The normalized spacial score (nSPS) is 34.8. The van der Waals surface area contributed by atoms with Crippen molar-refractivity contribution >= 4 is 0 Å². The lowest BCUT2D eigenvalue weighted by atomic mass is 9.86. The zero-order valence-corrected chi connectivity index (χ0v) is 11.6. The van der Waals surface area contributed by atoms with Crippen molar-refractivity contribution < 1.29 is 0 Å². The van der Waals surface area contributed by atoms with Gasteiger partial charge in [-0.15, -0.1) is 0 Å². The lowest BCUT2D eigenvalue weighted by molar-refractivity contribution is 0.0543. The van der Waals surface area contributed by atoms with Gasteiger partial charge in [-0.25, -0.2) is 0 Å². The fraction of sp³-hybridized carbons (Fsp3) is 1.00. The van der Waals surface area contributed by atoms with Gasteiger partial charge in [-0.05, 0) is 25.7 Å². The second-order valence-corrected chi connectivity index (χ2v) is 6.08. The number of rotatable bonds is 3. The van der Waals surface area contributed by atoms with Crippen molar-refractivity contribution in [1.29, 1.82) is 0 Å². The summed E-state index contributed by atoms with van der Waals surface area (Å²) in [5, 5.41) is 0. The molecule has 2 fully saturated rings. The lowest BCUT2D eigenvalue weighted by Gasteiger charge is -2.43. The van der Waals surface area contributed by atoms with Crippen LogP contribution in [0.5, 0.6) is 0 Å². The van der Waals surface area contributed by atoms with E-state index in [-0.39, 0.29) is 0 Å². The van der Waals surface area contributed by atoms with Gasteiger partial charge in [0.25, 0.3) is 0 Å². The Bertz CT molecular complexity index is 224. The molecule has 0 aromatic rings. The standard InChI is InChI=1S/C14H29N3/c1-12-4-3-5-14(10-12)17-8-6-16(7-9-17)13(2)11-15/h12-14H,3-11,15H2,1-2H3. The van der Waals surface area contributed by atoms with Crippen LogP contribution >= 0.6 is 0 Å². The number of nitrogens with zero attached hydrogens (tertiary/aromatic N) is 2. The van der Waals surface area contributed by atoms with Crippen LogP contribution in [0.4, 0.5) is 0 Å². The van der Waals surface area contributed by atoms with Crippen LogP contribution in [0.25, 0.3) is 0 Å². The van der Waals surface area contributed by atoms with Gasteiger partial charge in [-0.2, -0.15) is 0 Å². The maximum absolute atomic E-state index is 5.74. The van der Waals surface area contributed by atoms with Crippen molar-refractivity contribution in [3.8, 4) is 0 Å². The summed E-state index contributed by atoms with van der Waals surface area (Å²) in [6, 6.07) is 1.43. The monoisotopic (exact) mass is 239 g/mol. The van der Waals surface area contributed by atoms with Crippen molar-refractivity contribution in [3.63, 3.8) is 0 Å². The van der Waals surface area contributed by atoms with E-state index in [1.165, 1.54) is 51.9 Å². The Labute approximate surface area is 106 Å². The highest BCUT2D eigenvalue weighted by atomic mass is 15.3. The highest BCUT2D eigenvalue weighted by Crippen LogP contribution is 2.27. The minimum absolute atomic E-state index is 0.558. The van der Waals surface area contributed by atoms with E-state index in [1.807, 2.05) is 0 Å². The van der Waals surface area contributed by atoms with Gasteiger partial charge in [0.1, 0.15) is 0 Å². The quantitative estimate of drug-likeness (QED) is 0.811. The first-order valence-electron chi connectivity index (χ1n) is 7.39. The molecule has 3 atom stereocenters. The second kappa shape index (κ2) is 6.17. The van der Waals surface area contributed by atoms with Gasteiger partial charge in [0.2, 0.25) is 0 Å². The van der Waals surface area contributed by atoms with E-state index in [2.05, 4.69) is 23.6 Å². The smallest absolute Gasteiger partial charge is 0.0191 e.